The normalized spacial score (nSPS) is 23.2. The molecule has 180 valence electrons. The molecule has 2 amide bonds. The van der Waals surface area contributed by atoms with Crippen molar-refractivity contribution in [2.45, 2.75) is 50.9 Å². The fourth-order valence-corrected chi connectivity index (χ4v) is 6.01. The molecule has 1 atom stereocenters. The number of nitrogens with one attached hydrogen (secondary N) is 1. The molecule has 2 heterocycles. The van der Waals surface area contributed by atoms with Crippen molar-refractivity contribution in [1.82, 2.24) is 4.90 Å². The van der Waals surface area contributed by atoms with E-state index in [1.807, 2.05) is 25.1 Å². The molecule has 1 unspecified atom stereocenters. The van der Waals surface area contributed by atoms with E-state index >= 15 is 0 Å². The summed E-state index contributed by atoms with van der Waals surface area (Å²) in [5, 5.41) is 3.74. The highest BCUT2D eigenvalue weighted by Gasteiger charge is 2.53. The summed E-state index contributed by atoms with van der Waals surface area (Å²) in [7, 11) is 0. The largest absolute Gasteiger partial charge is 0.415 e. The molecule has 0 bridgehead atoms. The number of carbonyl (C=O) groups is 2. The lowest BCUT2D eigenvalue weighted by atomic mass is 9.64. The van der Waals surface area contributed by atoms with E-state index in [0.717, 1.165) is 48.1 Å². The molecule has 1 aliphatic carbocycles. The highest BCUT2D eigenvalue weighted by molar-refractivity contribution is 6.35. The molecule has 5 rings (SSSR count). The number of benzene rings is 2. The number of halogens is 1. The minimum absolute atomic E-state index is 0.0139. The zero-order valence-electron chi connectivity index (χ0n) is 19.6. The summed E-state index contributed by atoms with van der Waals surface area (Å²) in [5.74, 6) is 0.633. The maximum absolute atomic E-state index is 13.8. The van der Waals surface area contributed by atoms with Crippen LogP contribution in [-0.4, -0.2) is 43.2 Å². The number of morpholine rings is 1. The van der Waals surface area contributed by atoms with Gasteiger partial charge in [0.25, 0.3) is 0 Å². The first-order valence-electron chi connectivity index (χ1n) is 12.3. The zero-order valence-corrected chi connectivity index (χ0v) is 20.3. The minimum atomic E-state index is -0.802. The number of carbonyl (C=O) groups excluding carboxylic acids is 2. The molecule has 2 aliphatic heterocycles. The number of aryl methyl sites for hydroxylation is 1. The van der Waals surface area contributed by atoms with Crippen LogP contribution in [0.5, 0.6) is 5.75 Å². The predicted molar refractivity (Wildman–Crippen MR) is 132 cm³/mol. The lowest BCUT2D eigenvalue weighted by molar-refractivity contribution is -0.121. The van der Waals surface area contributed by atoms with Crippen LogP contribution >= 0.6 is 11.6 Å². The van der Waals surface area contributed by atoms with E-state index in [0.29, 0.717) is 37.1 Å². The lowest BCUT2D eigenvalue weighted by Gasteiger charge is -2.36. The first kappa shape index (κ1) is 23.2. The van der Waals surface area contributed by atoms with Crippen LogP contribution < -0.4 is 10.1 Å². The van der Waals surface area contributed by atoms with E-state index in [2.05, 4.69) is 11.4 Å². The molecule has 0 aromatic heterocycles. The summed E-state index contributed by atoms with van der Waals surface area (Å²) in [6, 6.07) is 11.5. The SMILES string of the molecule is Cc1ccc2c(c1Cl)NC(=O)C2(c1ccc(OC(=O)N2CCOCC2)cc1)C1CCCCCC1. The molecule has 2 aromatic carbocycles. The van der Waals surface area contributed by atoms with Crippen LogP contribution in [0, 0.1) is 12.8 Å². The van der Waals surface area contributed by atoms with Crippen molar-refractivity contribution in [3.8, 4) is 5.75 Å². The monoisotopic (exact) mass is 482 g/mol. The predicted octanol–water partition coefficient (Wildman–Crippen LogP) is 5.69. The molecule has 1 N–H and O–H groups in total. The number of anilines is 1. The molecular formula is C27H31ClN2O4. The molecule has 34 heavy (non-hydrogen) atoms. The third kappa shape index (κ3) is 3.97. The highest BCUT2D eigenvalue weighted by atomic mass is 35.5. The number of hydrogen-bond donors (Lipinski definition) is 1. The quantitative estimate of drug-likeness (QED) is 0.571. The third-order valence-electron chi connectivity index (χ3n) is 7.61. The summed E-state index contributed by atoms with van der Waals surface area (Å²) in [4.78, 5) is 28.0. The number of fused-ring (bicyclic) bond motifs is 1. The van der Waals surface area contributed by atoms with Crippen molar-refractivity contribution in [3.05, 3.63) is 58.1 Å². The summed E-state index contributed by atoms with van der Waals surface area (Å²) in [5.41, 5.74) is 2.75. The average Bonchev–Trinajstić information content (AvgIpc) is 3.00. The van der Waals surface area contributed by atoms with Crippen molar-refractivity contribution in [1.29, 1.82) is 0 Å². The Hall–Kier alpha value is -2.57. The summed E-state index contributed by atoms with van der Waals surface area (Å²) in [6.45, 7) is 4.05. The Bertz CT molecular complexity index is 1070. The van der Waals surface area contributed by atoms with Gasteiger partial charge in [0.1, 0.15) is 11.2 Å². The van der Waals surface area contributed by atoms with Gasteiger partial charge in [0.15, 0.2) is 0 Å². The fourth-order valence-electron chi connectivity index (χ4n) is 5.80. The van der Waals surface area contributed by atoms with E-state index in [9.17, 15) is 9.59 Å². The molecule has 2 fully saturated rings. The van der Waals surface area contributed by atoms with Crippen molar-refractivity contribution in [2.24, 2.45) is 5.92 Å². The van der Waals surface area contributed by atoms with Crippen molar-refractivity contribution in [3.63, 3.8) is 0 Å². The molecule has 1 saturated heterocycles. The highest BCUT2D eigenvalue weighted by Crippen LogP contribution is 2.53. The van der Waals surface area contributed by atoms with Gasteiger partial charge in [0, 0.05) is 13.1 Å². The average molecular weight is 483 g/mol. The summed E-state index contributed by atoms with van der Waals surface area (Å²) < 4.78 is 10.9. The third-order valence-corrected chi connectivity index (χ3v) is 8.10. The van der Waals surface area contributed by atoms with E-state index in [1.54, 1.807) is 17.0 Å². The van der Waals surface area contributed by atoms with E-state index in [4.69, 9.17) is 21.1 Å². The summed E-state index contributed by atoms with van der Waals surface area (Å²) >= 11 is 6.66. The van der Waals surface area contributed by atoms with Crippen LogP contribution in [-0.2, 0) is 14.9 Å². The molecule has 6 nitrogen and oxygen atoms in total. The van der Waals surface area contributed by atoms with Crippen LogP contribution in [0.15, 0.2) is 36.4 Å². The van der Waals surface area contributed by atoms with Gasteiger partial charge < -0.3 is 19.7 Å². The number of rotatable bonds is 3. The Morgan fingerprint density at radius 2 is 1.74 bits per heavy atom. The van der Waals surface area contributed by atoms with Gasteiger partial charge in [-0.3, -0.25) is 4.79 Å². The van der Waals surface area contributed by atoms with Gasteiger partial charge in [-0.15, -0.1) is 0 Å². The van der Waals surface area contributed by atoms with Crippen LogP contribution in [0.2, 0.25) is 5.02 Å². The van der Waals surface area contributed by atoms with Crippen LogP contribution in [0.1, 0.15) is 55.2 Å². The Labute approximate surface area is 205 Å². The topological polar surface area (TPSA) is 67.9 Å². The van der Waals surface area contributed by atoms with E-state index < -0.39 is 5.41 Å². The molecule has 2 aromatic rings. The second kappa shape index (κ2) is 9.59. The standard InChI is InChI=1S/C27H31ClN2O4/c1-18-8-13-22-24(23(18)28)29-25(31)27(22,19-6-4-2-3-5-7-19)20-9-11-21(12-10-20)34-26(32)30-14-16-33-17-15-30/h8-13,19H,2-7,14-17H2,1H3,(H,29,31). The Morgan fingerprint density at radius 3 is 2.41 bits per heavy atom. The van der Waals surface area contributed by atoms with Crippen LogP contribution in [0.4, 0.5) is 10.5 Å². The number of hydrogen-bond acceptors (Lipinski definition) is 4. The first-order chi connectivity index (χ1) is 16.5. The Kier molecular flexibility index (Phi) is 6.54. The molecule has 7 heteroatoms. The molecule has 1 saturated carbocycles. The first-order valence-corrected chi connectivity index (χ1v) is 12.7. The van der Waals surface area contributed by atoms with Gasteiger partial charge in [-0.25, -0.2) is 4.79 Å². The fraction of sp³-hybridized carbons (Fsp3) is 0.481. The van der Waals surface area contributed by atoms with E-state index in [1.165, 1.54) is 12.8 Å². The summed E-state index contributed by atoms with van der Waals surface area (Å²) in [6.07, 6.45) is 6.24. The van der Waals surface area contributed by atoms with Gasteiger partial charge in [-0.05, 0) is 54.5 Å². The van der Waals surface area contributed by atoms with E-state index in [-0.39, 0.29) is 17.9 Å². The second-order valence-electron chi connectivity index (χ2n) is 9.56. The Morgan fingerprint density at radius 1 is 1.06 bits per heavy atom. The van der Waals surface area contributed by atoms with Crippen molar-refractivity contribution >= 4 is 29.3 Å². The Balaban J connectivity index is 1.52. The number of ether oxygens (including phenoxy) is 2. The van der Waals surface area contributed by atoms with Gasteiger partial charge in [0.05, 0.1) is 23.9 Å². The smallest absolute Gasteiger partial charge is 0.410 e. The molecule has 0 spiro atoms. The maximum atomic E-state index is 13.8. The second-order valence-corrected chi connectivity index (χ2v) is 9.94. The lowest BCUT2D eigenvalue weighted by Crippen LogP contribution is -2.43. The zero-order chi connectivity index (χ0) is 23.7. The van der Waals surface area contributed by atoms with Crippen molar-refractivity contribution < 1.29 is 19.1 Å². The number of amides is 2. The van der Waals surface area contributed by atoms with Gasteiger partial charge in [-0.2, -0.15) is 0 Å². The van der Waals surface area contributed by atoms with Gasteiger partial charge in [0.2, 0.25) is 5.91 Å². The van der Waals surface area contributed by atoms with Gasteiger partial charge in [-0.1, -0.05) is 61.5 Å². The number of nitrogens with zero attached hydrogens (tertiary/aromatic N) is 1. The molecule has 3 aliphatic rings. The van der Waals surface area contributed by atoms with Crippen LogP contribution in [0.3, 0.4) is 0 Å². The minimum Gasteiger partial charge on any atom is -0.410 e. The van der Waals surface area contributed by atoms with Gasteiger partial charge >= 0.3 is 6.09 Å². The van der Waals surface area contributed by atoms with Crippen LogP contribution in [0.25, 0.3) is 0 Å². The molecular weight excluding hydrogens is 452 g/mol. The maximum Gasteiger partial charge on any atom is 0.415 e. The van der Waals surface area contributed by atoms with Crippen molar-refractivity contribution in [2.75, 3.05) is 31.6 Å². The molecule has 0 radical (unpaired) electrons.